The Kier molecular flexibility index (Phi) is 9.06. The van der Waals surface area contributed by atoms with Crippen LogP contribution in [-0.4, -0.2) is 37.5 Å². The second-order valence-corrected chi connectivity index (χ2v) is 6.39. The molecule has 0 fully saturated rings. The quantitative estimate of drug-likeness (QED) is 0.581. The van der Waals surface area contributed by atoms with Crippen molar-refractivity contribution in [3.8, 4) is 0 Å². The monoisotopic (exact) mass is 366 g/mol. The maximum Gasteiger partial charge on any atom is 0.151 e. The summed E-state index contributed by atoms with van der Waals surface area (Å²) in [6, 6.07) is 3.94. The standard InChI is InChI=1S/C22H30N4O/c1-7-9-19(27)14-26-22-16(5)10-17(11-20(22)21(23)15(3)4)18(12-24-6)13-25-8-2/h8,10-13,23,26H,3,7,9,14H2,1-2,4-6H3/b18-13+,23-21?,24-12-,25-8+. The molecule has 1 aromatic carbocycles. The maximum absolute atomic E-state index is 11.9. The SMILES string of the molecule is C=C(C)C(=N)c1cc(C(/C=N\C)=C/N=C/C)cc(C)c1NCC(=O)CCC. The number of hydrogen-bond donors (Lipinski definition) is 2. The topological polar surface area (TPSA) is 77.7 Å². The first-order valence-corrected chi connectivity index (χ1v) is 9.11. The third-order valence-corrected chi connectivity index (χ3v) is 3.99. The van der Waals surface area contributed by atoms with Gasteiger partial charge in [-0.2, -0.15) is 0 Å². The molecule has 0 saturated heterocycles. The predicted molar refractivity (Wildman–Crippen MR) is 118 cm³/mol. The number of rotatable bonds is 10. The third kappa shape index (κ3) is 6.44. The van der Waals surface area contributed by atoms with Crippen LogP contribution in [0, 0.1) is 12.3 Å². The van der Waals surface area contributed by atoms with Crippen LogP contribution in [-0.2, 0) is 4.79 Å². The molecule has 0 saturated carbocycles. The average Bonchev–Trinajstić information content (AvgIpc) is 2.63. The Morgan fingerprint density at radius 1 is 1.37 bits per heavy atom. The van der Waals surface area contributed by atoms with Gasteiger partial charge in [0.1, 0.15) is 0 Å². The molecule has 1 rings (SSSR count). The lowest BCUT2D eigenvalue weighted by atomic mass is 9.94. The van der Waals surface area contributed by atoms with Gasteiger partial charge in [-0.25, -0.2) is 0 Å². The second-order valence-electron chi connectivity index (χ2n) is 6.39. The number of aliphatic imine (C=N–C) groups is 2. The highest BCUT2D eigenvalue weighted by Gasteiger charge is 2.15. The third-order valence-electron chi connectivity index (χ3n) is 3.99. The van der Waals surface area contributed by atoms with E-state index in [1.807, 2.05) is 39.8 Å². The molecule has 0 unspecified atom stereocenters. The summed E-state index contributed by atoms with van der Waals surface area (Å²) in [5.41, 5.74) is 5.24. The van der Waals surface area contributed by atoms with Gasteiger partial charge in [-0.3, -0.25) is 20.2 Å². The largest absolute Gasteiger partial charge is 0.377 e. The fourth-order valence-electron chi connectivity index (χ4n) is 2.65. The lowest BCUT2D eigenvalue weighted by molar-refractivity contribution is -0.117. The molecule has 144 valence electrons. The molecule has 0 aliphatic heterocycles. The van der Waals surface area contributed by atoms with Crippen LogP contribution in [0.15, 0.2) is 40.5 Å². The number of anilines is 1. The van der Waals surface area contributed by atoms with Crippen LogP contribution in [0.5, 0.6) is 0 Å². The number of allylic oxidation sites excluding steroid dienone is 2. The summed E-state index contributed by atoms with van der Waals surface area (Å²) in [4.78, 5) is 20.3. The number of hydrogen-bond acceptors (Lipinski definition) is 5. The van der Waals surface area contributed by atoms with E-state index in [0.29, 0.717) is 17.7 Å². The Morgan fingerprint density at radius 3 is 2.63 bits per heavy atom. The van der Waals surface area contributed by atoms with Crippen molar-refractivity contribution in [3.63, 3.8) is 0 Å². The number of carbonyl (C=O) groups is 1. The number of nitrogens with one attached hydrogen (secondary N) is 2. The molecule has 0 aromatic heterocycles. The van der Waals surface area contributed by atoms with Crippen molar-refractivity contribution in [2.75, 3.05) is 18.9 Å². The first kappa shape index (κ1) is 22.2. The van der Waals surface area contributed by atoms with E-state index in [4.69, 9.17) is 5.41 Å². The second kappa shape index (κ2) is 11.0. The van der Waals surface area contributed by atoms with Crippen molar-refractivity contribution in [1.82, 2.24) is 0 Å². The summed E-state index contributed by atoms with van der Waals surface area (Å²) in [6.45, 7) is 11.8. The molecule has 0 atom stereocenters. The minimum absolute atomic E-state index is 0.157. The zero-order chi connectivity index (χ0) is 20.4. The lowest BCUT2D eigenvalue weighted by Crippen LogP contribution is -2.17. The number of ketones is 1. The van der Waals surface area contributed by atoms with Crippen molar-refractivity contribution in [3.05, 3.63) is 47.2 Å². The van der Waals surface area contributed by atoms with Crippen LogP contribution in [0.3, 0.4) is 0 Å². The molecule has 0 bridgehead atoms. The van der Waals surface area contributed by atoms with E-state index >= 15 is 0 Å². The Balaban J connectivity index is 3.46. The Bertz CT molecular complexity index is 801. The highest BCUT2D eigenvalue weighted by atomic mass is 16.1. The lowest BCUT2D eigenvalue weighted by Gasteiger charge is -2.18. The molecule has 27 heavy (non-hydrogen) atoms. The van der Waals surface area contributed by atoms with Gasteiger partial charge < -0.3 is 5.32 Å². The van der Waals surface area contributed by atoms with Crippen LogP contribution in [0.1, 0.15) is 50.3 Å². The van der Waals surface area contributed by atoms with E-state index in [1.165, 1.54) is 0 Å². The van der Waals surface area contributed by atoms with Gasteiger partial charge in [-0.15, -0.1) is 0 Å². The molecule has 0 heterocycles. The van der Waals surface area contributed by atoms with Gasteiger partial charge in [-0.1, -0.05) is 13.5 Å². The average molecular weight is 367 g/mol. The van der Waals surface area contributed by atoms with E-state index in [9.17, 15) is 4.79 Å². The summed E-state index contributed by atoms with van der Waals surface area (Å²) in [5.74, 6) is 0.157. The molecular formula is C22H30N4O. The number of nitrogens with zero attached hydrogens (tertiary/aromatic N) is 2. The molecule has 0 radical (unpaired) electrons. The Morgan fingerprint density at radius 2 is 2.07 bits per heavy atom. The van der Waals surface area contributed by atoms with Crippen molar-refractivity contribution >= 4 is 35.2 Å². The van der Waals surface area contributed by atoms with Crippen LogP contribution in [0.2, 0.25) is 0 Å². The summed E-state index contributed by atoms with van der Waals surface area (Å²) in [5, 5.41) is 11.7. The van der Waals surface area contributed by atoms with E-state index in [2.05, 4.69) is 21.9 Å². The number of aryl methyl sites for hydroxylation is 1. The Hall–Kier alpha value is -2.82. The van der Waals surface area contributed by atoms with E-state index in [1.54, 1.807) is 25.7 Å². The first-order valence-electron chi connectivity index (χ1n) is 9.11. The van der Waals surface area contributed by atoms with E-state index < -0.39 is 0 Å². The molecule has 1 aromatic rings. The van der Waals surface area contributed by atoms with Crippen molar-refractivity contribution in [2.45, 2.75) is 40.5 Å². The van der Waals surface area contributed by atoms with Gasteiger partial charge in [-0.05, 0) is 56.0 Å². The van der Waals surface area contributed by atoms with Crippen LogP contribution in [0.4, 0.5) is 5.69 Å². The van der Waals surface area contributed by atoms with E-state index in [0.717, 1.165) is 34.4 Å². The number of carbonyl (C=O) groups excluding carboxylic acids is 1. The summed E-state index contributed by atoms with van der Waals surface area (Å²) in [6.07, 6.45) is 6.58. The molecular weight excluding hydrogens is 336 g/mol. The van der Waals surface area contributed by atoms with Crippen LogP contribution >= 0.6 is 0 Å². The van der Waals surface area contributed by atoms with Crippen LogP contribution < -0.4 is 5.32 Å². The summed E-state index contributed by atoms with van der Waals surface area (Å²) in [7, 11) is 1.71. The molecule has 0 aliphatic rings. The molecule has 0 amide bonds. The molecule has 0 aliphatic carbocycles. The van der Waals surface area contributed by atoms with Crippen molar-refractivity contribution < 1.29 is 4.79 Å². The highest BCUT2D eigenvalue weighted by Crippen LogP contribution is 2.28. The number of Topliss-reactive ketones (excluding diaryl/α,β-unsaturated/α-hetero) is 1. The zero-order valence-electron chi connectivity index (χ0n) is 17.0. The molecule has 0 spiro atoms. The van der Waals surface area contributed by atoms with Gasteiger partial charge in [0.25, 0.3) is 0 Å². The highest BCUT2D eigenvalue weighted by molar-refractivity contribution is 6.16. The first-order chi connectivity index (χ1) is 12.8. The van der Waals surface area contributed by atoms with Crippen molar-refractivity contribution in [2.24, 2.45) is 9.98 Å². The van der Waals surface area contributed by atoms with Gasteiger partial charge in [0, 0.05) is 48.9 Å². The fourth-order valence-corrected chi connectivity index (χ4v) is 2.65. The van der Waals surface area contributed by atoms with Gasteiger partial charge >= 0.3 is 0 Å². The van der Waals surface area contributed by atoms with Gasteiger partial charge in [0.05, 0.1) is 12.3 Å². The predicted octanol–water partition coefficient (Wildman–Crippen LogP) is 4.85. The van der Waals surface area contributed by atoms with Gasteiger partial charge in [0.2, 0.25) is 0 Å². The summed E-state index contributed by atoms with van der Waals surface area (Å²) < 4.78 is 0. The maximum atomic E-state index is 11.9. The summed E-state index contributed by atoms with van der Waals surface area (Å²) >= 11 is 0. The zero-order valence-corrected chi connectivity index (χ0v) is 17.0. The van der Waals surface area contributed by atoms with E-state index in [-0.39, 0.29) is 12.3 Å². The Labute approximate surface area is 162 Å². The normalized spacial score (nSPS) is 12.0. The van der Waals surface area contributed by atoms with Crippen molar-refractivity contribution in [1.29, 1.82) is 5.41 Å². The fraction of sp³-hybridized carbons (Fsp3) is 0.364. The molecule has 5 heteroatoms. The minimum Gasteiger partial charge on any atom is -0.377 e. The smallest absolute Gasteiger partial charge is 0.151 e. The minimum atomic E-state index is 0.157. The molecule has 2 N–H and O–H groups in total. The molecule has 5 nitrogen and oxygen atoms in total. The van der Waals surface area contributed by atoms with Gasteiger partial charge in [0.15, 0.2) is 5.78 Å². The van der Waals surface area contributed by atoms with Crippen LogP contribution in [0.25, 0.3) is 5.57 Å². The number of benzene rings is 1.